The molecule has 0 radical (unpaired) electrons. The van der Waals surface area contributed by atoms with Crippen LogP contribution < -0.4 is 5.32 Å². The number of nitrogens with zero attached hydrogens (tertiary/aromatic N) is 1. The van der Waals surface area contributed by atoms with Crippen LogP contribution in [0.4, 0.5) is 0 Å². The molecule has 80 valence electrons. The van der Waals surface area contributed by atoms with Crippen LogP contribution in [0.1, 0.15) is 22.7 Å². The Hall–Kier alpha value is -1.67. The second-order valence-corrected chi connectivity index (χ2v) is 4.19. The topological polar surface area (TPSA) is 24.9 Å². The molecule has 0 aliphatic carbocycles. The quantitative estimate of drug-likeness (QED) is 0.782. The molecule has 2 heterocycles. The van der Waals surface area contributed by atoms with Crippen LogP contribution in [0.5, 0.6) is 0 Å². The molecule has 2 heteroatoms. The molecule has 1 N–H and O–H groups in total. The van der Waals surface area contributed by atoms with Gasteiger partial charge in [-0.15, -0.1) is 0 Å². The zero-order valence-corrected chi connectivity index (χ0v) is 9.06. The van der Waals surface area contributed by atoms with Gasteiger partial charge in [0.05, 0.1) is 0 Å². The van der Waals surface area contributed by atoms with Gasteiger partial charge in [-0.25, -0.2) is 0 Å². The van der Waals surface area contributed by atoms with Crippen molar-refractivity contribution in [1.29, 1.82) is 0 Å². The van der Waals surface area contributed by atoms with E-state index in [1.54, 1.807) is 0 Å². The number of hydrogen-bond acceptors (Lipinski definition) is 2. The molecule has 1 aliphatic rings. The van der Waals surface area contributed by atoms with Crippen LogP contribution in [0.15, 0.2) is 48.8 Å². The molecule has 16 heavy (non-hydrogen) atoms. The number of fused-ring (bicyclic) bond motifs is 1. The number of pyridine rings is 1. The molecule has 1 aromatic carbocycles. The Kier molecular flexibility index (Phi) is 2.43. The molecule has 1 aromatic heterocycles. The minimum atomic E-state index is 0.406. The number of aromatic nitrogens is 1. The van der Waals surface area contributed by atoms with Crippen LogP contribution in [-0.4, -0.2) is 4.98 Å². The van der Waals surface area contributed by atoms with Gasteiger partial charge in [0.25, 0.3) is 0 Å². The molecule has 2 nitrogen and oxygen atoms in total. The Labute approximate surface area is 95.3 Å². The zero-order valence-electron chi connectivity index (χ0n) is 9.06. The summed E-state index contributed by atoms with van der Waals surface area (Å²) in [5, 5.41) is 3.55. The maximum Gasteiger partial charge on any atom is 0.0379 e. The first-order valence-electron chi connectivity index (χ1n) is 5.63. The van der Waals surface area contributed by atoms with Crippen molar-refractivity contribution in [2.75, 3.05) is 0 Å². The number of nitrogens with one attached hydrogen (secondary N) is 1. The molecule has 1 atom stereocenters. The fraction of sp³-hybridized carbons (Fsp3) is 0.214. The maximum absolute atomic E-state index is 4.18. The molecule has 1 aliphatic heterocycles. The standard InChI is InChI=1S/C14H14N2/c1-2-5-12-10-16-14(8-11(12)4-1)13-6-3-7-15-9-13/h1-7,9,14,16H,8,10H2/t14-/m0/s1. The van der Waals surface area contributed by atoms with E-state index in [0.29, 0.717) is 6.04 Å². The van der Waals surface area contributed by atoms with Crippen LogP contribution in [0, 0.1) is 0 Å². The van der Waals surface area contributed by atoms with Gasteiger partial charge in [-0.3, -0.25) is 4.98 Å². The van der Waals surface area contributed by atoms with Crippen LogP contribution in [0.25, 0.3) is 0 Å². The van der Waals surface area contributed by atoms with Gasteiger partial charge in [-0.1, -0.05) is 30.3 Å². The van der Waals surface area contributed by atoms with Crippen LogP contribution >= 0.6 is 0 Å². The van der Waals surface area contributed by atoms with Crippen molar-refractivity contribution in [2.24, 2.45) is 0 Å². The lowest BCUT2D eigenvalue weighted by Gasteiger charge is -2.26. The van der Waals surface area contributed by atoms with E-state index in [1.165, 1.54) is 16.7 Å². The van der Waals surface area contributed by atoms with E-state index < -0.39 is 0 Å². The Bertz CT molecular complexity index is 479. The smallest absolute Gasteiger partial charge is 0.0379 e. The van der Waals surface area contributed by atoms with E-state index >= 15 is 0 Å². The summed E-state index contributed by atoms with van der Waals surface area (Å²) in [4.78, 5) is 4.18. The first-order chi connectivity index (χ1) is 7.93. The fourth-order valence-corrected chi connectivity index (χ4v) is 2.27. The monoisotopic (exact) mass is 210 g/mol. The van der Waals surface area contributed by atoms with Crippen molar-refractivity contribution in [2.45, 2.75) is 19.0 Å². The van der Waals surface area contributed by atoms with Crippen molar-refractivity contribution in [3.63, 3.8) is 0 Å². The van der Waals surface area contributed by atoms with Gasteiger partial charge < -0.3 is 5.32 Å². The second-order valence-electron chi connectivity index (χ2n) is 4.19. The van der Waals surface area contributed by atoms with Gasteiger partial charge in [-0.05, 0) is 29.2 Å². The maximum atomic E-state index is 4.18. The fourth-order valence-electron chi connectivity index (χ4n) is 2.27. The molecular weight excluding hydrogens is 196 g/mol. The van der Waals surface area contributed by atoms with Gasteiger partial charge >= 0.3 is 0 Å². The van der Waals surface area contributed by atoms with E-state index in [9.17, 15) is 0 Å². The largest absolute Gasteiger partial charge is 0.305 e. The Morgan fingerprint density at radius 3 is 2.75 bits per heavy atom. The van der Waals surface area contributed by atoms with E-state index in [-0.39, 0.29) is 0 Å². The summed E-state index contributed by atoms with van der Waals surface area (Å²) in [6.07, 6.45) is 4.83. The van der Waals surface area contributed by atoms with E-state index in [1.807, 2.05) is 18.5 Å². The van der Waals surface area contributed by atoms with E-state index in [0.717, 1.165) is 13.0 Å². The first kappa shape index (κ1) is 9.55. The van der Waals surface area contributed by atoms with Crippen molar-refractivity contribution >= 4 is 0 Å². The summed E-state index contributed by atoms with van der Waals surface area (Å²) in [7, 11) is 0. The molecule has 0 bridgehead atoms. The van der Waals surface area contributed by atoms with Gasteiger partial charge in [-0.2, -0.15) is 0 Å². The molecule has 0 saturated heterocycles. The van der Waals surface area contributed by atoms with Crippen molar-refractivity contribution < 1.29 is 0 Å². The Balaban J connectivity index is 1.89. The minimum absolute atomic E-state index is 0.406. The molecule has 3 rings (SSSR count). The van der Waals surface area contributed by atoms with Crippen LogP contribution in [-0.2, 0) is 13.0 Å². The first-order valence-corrected chi connectivity index (χ1v) is 5.63. The minimum Gasteiger partial charge on any atom is -0.305 e. The Morgan fingerprint density at radius 2 is 1.94 bits per heavy atom. The summed E-state index contributed by atoms with van der Waals surface area (Å²) in [6.45, 7) is 0.954. The average molecular weight is 210 g/mol. The third kappa shape index (κ3) is 1.72. The lowest BCUT2D eigenvalue weighted by atomic mass is 9.92. The summed E-state index contributed by atoms with van der Waals surface area (Å²) < 4.78 is 0. The molecule has 0 fully saturated rings. The summed E-state index contributed by atoms with van der Waals surface area (Å²) >= 11 is 0. The van der Waals surface area contributed by atoms with Crippen LogP contribution in [0.2, 0.25) is 0 Å². The Morgan fingerprint density at radius 1 is 1.06 bits per heavy atom. The zero-order chi connectivity index (χ0) is 10.8. The lowest BCUT2D eigenvalue weighted by Crippen LogP contribution is -2.28. The summed E-state index contributed by atoms with van der Waals surface area (Å²) in [6, 6.07) is 13.2. The highest BCUT2D eigenvalue weighted by Gasteiger charge is 2.18. The molecule has 0 amide bonds. The molecular formula is C14H14N2. The van der Waals surface area contributed by atoms with Crippen molar-refractivity contribution in [3.05, 3.63) is 65.5 Å². The number of benzene rings is 1. The van der Waals surface area contributed by atoms with Gasteiger partial charge in [0, 0.05) is 25.0 Å². The van der Waals surface area contributed by atoms with Crippen LogP contribution in [0.3, 0.4) is 0 Å². The van der Waals surface area contributed by atoms with Gasteiger partial charge in [0.1, 0.15) is 0 Å². The molecule has 0 saturated carbocycles. The van der Waals surface area contributed by atoms with E-state index in [2.05, 4.69) is 40.6 Å². The SMILES string of the molecule is c1cncc([C@@H]2Cc3ccccc3CN2)c1. The normalized spacial score (nSPS) is 19.1. The third-order valence-corrected chi connectivity index (χ3v) is 3.17. The van der Waals surface area contributed by atoms with E-state index in [4.69, 9.17) is 0 Å². The number of hydrogen-bond donors (Lipinski definition) is 1. The number of rotatable bonds is 1. The highest BCUT2D eigenvalue weighted by molar-refractivity contribution is 5.32. The second kappa shape index (κ2) is 4.06. The third-order valence-electron chi connectivity index (χ3n) is 3.17. The highest BCUT2D eigenvalue weighted by Crippen LogP contribution is 2.24. The molecule has 0 unspecified atom stereocenters. The average Bonchev–Trinajstić information content (AvgIpc) is 2.39. The summed E-state index contributed by atoms with van der Waals surface area (Å²) in [5.74, 6) is 0. The van der Waals surface area contributed by atoms with Crippen molar-refractivity contribution in [3.8, 4) is 0 Å². The summed E-state index contributed by atoms with van der Waals surface area (Å²) in [5.41, 5.74) is 4.15. The van der Waals surface area contributed by atoms with Crippen molar-refractivity contribution in [1.82, 2.24) is 10.3 Å². The molecule has 0 spiro atoms. The highest BCUT2D eigenvalue weighted by atomic mass is 14.9. The van der Waals surface area contributed by atoms with Gasteiger partial charge in [0.2, 0.25) is 0 Å². The predicted octanol–water partition coefficient (Wildman–Crippen LogP) is 2.47. The predicted molar refractivity (Wildman–Crippen MR) is 64.0 cm³/mol. The van der Waals surface area contributed by atoms with Gasteiger partial charge in [0.15, 0.2) is 0 Å². The molecule has 2 aromatic rings. The lowest BCUT2D eigenvalue weighted by molar-refractivity contribution is 0.498.